The topological polar surface area (TPSA) is 76.4 Å². The van der Waals surface area contributed by atoms with Crippen molar-refractivity contribution in [2.45, 2.75) is 38.0 Å². The average Bonchev–Trinajstić information content (AvgIpc) is 3.35. The quantitative estimate of drug-likeness (QED) is 0.521. The molecule has 0 bridgehead atoms. The van der Waals surface area contributed by atoms with Gasteiger partial charge in [0, 0.05) is 25.4 Å². The number of nitrogens with zero attached hydrogens (tertiary/aromatic N) is 4. The second kappa shape index (κ2) is 10.4. The van der Waals surface area contributed by atoms with Gasteiger partial charge in [-0.25, -0.2) is 4.99 Å². The van der Waals surface area contributed by atoms with Crippen molar-refractivity contribution in [3.8, 4) is 5.75 Å². The summed E-state index contributed by atoms with van der Waals surface area (Å²) >= 11 is 2.05. The van der Waals surface area contributed by atoms with Crippen LogP contribution in [0, 0.1) is 6.92 Å². The Morgan fingerprint density at radius 2 is 2.11 bits per heavy atom. The van der Waals surface area contributed by atoms with Crippen LogP contribution in [-0.4, -0.2) is 51.9 Å². The summed E-state index contributed by atoms with van der Waals surface area (Å²) in [5.41, 5.74) is 1.27. The summed E-state index contributed by atoms with van der Waals surface area (Å²) in [4.78, 5) is 4.73. The lowest BCUT2D eigenvalue weighted by Crippen LogP contribution is -2.41. The van der Waals surface area contributed by atoms with Crippen LogP contribution < -0.4 is 15.4 Å². The summed E-state index contributed by atoms with van der Waals surface area (Å²) in [7, 11) is 3.66. The zero-order chi connectivity index (χ0) is 19.8. The van der Waals surface area contributed by atoms with Crippen molar-refractivity contribution < 1.29 is 4.74 Å². The summed E-state index contributed by atoms with van der Waals surface area (Å²) < 4.78 is 7.20. The van der Waals surface area contributed by atoms with E-state index in [1.54, 1.807) is 7.11 Å². The van der Waals surface area contributed by atoms with Crippen molar-refractivity contribution in [3.63, 3.8) is 0 Å². The Bertz CT molecular complexity index is 768. The lowest BCUT2D eigenvalue weighted by molar-refractivity contribution is 0.414. The molecule has 1 atom stereocenters. The number of ether oxygens (including phenoxy) is 1. The van der Waals surface area contributed by atoms with Crippen LogP contribution in [0.15, 0.2) is 29.3 Å². The summed E-state index contributed by atoms with van der Waals surface area (Å²) in [6, 6.07) is 8.19. The van der Waals surface area contributed by atoms with Gasteiger partial charge in [-0.15, -0.1) is 10.2 Å². The minimum atomic E-state index is 0.507. The van der Waals surface area contributed by atoms with E-state index in [0.717, 1.165) is 42.9 Å². The predicted octanol–water partition coefficient (Wildman–Crippen LogP) is 2.31. The predicted molar refractivity (Wildman–Crippen MR) is 115 cm³/mol. The SMILES string of the molecule is COc1ccc(CCNC(=NCc2nnc(C)n2C)NCC2CCCS2)cc1. The highest BCUT2D eigenvalue weighted by molar-refractivity contribution is 8.00. The van der Waals surface area contributed by atoms with Crippen LogP contribution in [0.1, 0.15) is 30.1 Å². The standard InChI is InChI=1S/C20H30N6OS/c1-15-24-25-19(26(15)2)14-23-20(22-13-18-5-4-12-28-18)21-11-10-16-6-8-17(27-3)9-7-16/h6-9,18H,4-5,10-14H2,1-3H3,(H2,21,22,23). The molecule has 1 aliphatic heterocycles. The van der Waals surface area contributed by atoms with Gasteiger partial charge in [-0.1, -0.05) is 12.1 Å². The first-order valence-corrected chi connectivity index (χ1v) is 10.8. The van der Waals surface area contributed by atoms with E-state index >= 15 is 0 Å². The van der Waals surface area contributed by atoms with Gasteiger partial charge in [0.15, 0.2) is 11.8 Å². The molecule has 152 valence electrons. The van der Waals surface area contributed by atoms with Crippen LogP contribution >= 0.6 is 11.8 Å². The molecule has 28 heavy (non-hydrogen) atoms. The van der Waals surface area contributed by atoms with E-state index in [-0.39, 0.29) is 0 Å². The van der Waals surface area contributed by atoms with Crippen LogP contribution in [0.4, 0.5) is 0 Å². The highest BCUT2D eigenvalue weighted by Crippen LogP contribution is 2.25. The molecule has 1 saturated heterocycles. The molecule has 0 radical (unpaired) electrons. The van der Waals surface area contributed by atoms with Gasteiger partial charge >= 0.3 is 0 Å². The first kappa shape index (κ1) is 20.5. The number of hydrogen-bond acceptors (Lipinski definition) is 5. The molecule has 1 aromatic carbocycles. The third kappa shape index (κ3) is 5.89. The number of aromatic nitrogens is 3. The number of thioether (sulfide) groups is 1. The Morgan fingerprint density at radius 3 is 2.75 bits per heavy atom. The summed E-state index contributed by atoms with van der Waals surface area (Å²) in [5, 5.41) is 15.9. The van der Waals surface area contributed by atoms with Crippen LogP contribution in [0.25, 0.3) is 0 Å². The Hall–Kier alpha value is -2.22. The molecule has 2 aromatic rings. The van der Waals surface area contributed by atoms with E-state index < -0.39 is 0 Å². The molecule has 3 rings (SSSR count). The molecule has 0 saturated carbocycles. The minimum Gasteiger partial charge on any atom is -0.497 e. The molecular formula is C20H30N6OS. The zero-order valence-electron chi connectivity index (χ0n) is 16.9. The second-order valence-corrected chi connectivity index (χ2v) is 8.34. The number of rotatable bonds is 8. The van der Waals surface area contributed by atoms with Gasteiger partial charge in [-0.2, -0.15) is 11.8 Å². The molecule has 0 aliphatic carbocycles. The van der Waals surface area contributed by atoms with E-state index in [1.165, 1.54) is 24.2 Å². The average molecular weight is 403 g/mol. The molecule has 8 heteroatoms. The maximum absolute atomic E-state index is 5.22. The monoisotopic (exact) mass is 402 g/mol. The highest BCUT2D eigenvalue weighted by atomic mass is 32.2. The Morgan fingerprint density at radius 1 is 1.29 bits per heavy atom. The largest absolute Gasteiger partial charge is 0.497 e. The number of aryl methyl sites for hydroxylation is 1. The van der Waals surface area contributed by atoms with E-state index in [2.05, 4.69) is 33.0 Å². The smallest absolute Gasteiger partial charge is 0.191 e. The molecule has 2 N–H and O–H groups in total. The van der Waals surface area contributed by atoms with Gasteiger partial charge < -0.3 is 19.9 Å². The first-order chi connectivity index (χ1) is 13.7. The fourth-order valence-corrected chi connectivity index (χ4v) is 4.25. The van der Waals surface area contributed by atoms with Gasteiger partial charge in [0.05, 0.1) is 7.11 Å². The Kier molecular flexibility index (Phi) is 7.59. The summed E-state index contributed by atoms with van der Waals surface area (Å²) in [6.45, 7) is 4.21. The molecule has 1 aromatic heterocycles. The molecule has 1 aliphatic rings. The van der Waals surface area contributed by atoms with Crippen molar-refractivity contribution in [2.24, 2.45) is 12.0 Å². The van der Waals surface area contributed by atoms with Crippen molar-refractivity contribution in [3.05, 3.63) is 41.5 Å². The third-order valence-electron chi connectivity index (χ3n) is 4.95. The Balaban J connectivity index is 1.55. The van der Waals surface area contributed by atoms with Crippen molar-refractivity contribution >= 4 is 17.7 Å². The van der Waals surface area contributed by atoms with Crippen LogP contribution in [0.5, 0.6) is 5.75 Å². The van der Waals surface area contributed by atoms with E-state index in [0.29, 0.717) is 11.8 Å². The maximum atomic E-state index is 5.22. The molecule has 7 nitrogen and oxygen atoms in total. The Labute approximate surface area is 171 Å². The number of methoxy groups -OCH3 is 1. The summed E-state index contributed by atoms with van der Waals surface area (Å²) in [6.07, 6.45) is 3.51. The third-order valence-corrected chi connectivity index (χ3v) is 6.35. The number of hydrogen-bond donors (Lipinski definition) is 2. The lowest BCUT2D eigenvalue weighted by atomic mass is 10.1. The van der Waals surface area contributed by atoms with E-state index in [4.69, 9.17) is 9.73 Å². The highest BCUT2D eigenvalue weighted by Gasteiger charge is 2.15. The zero-order valence-corrected chi connectivity index (χ0v) is 17.8. The van der Waals surface area contributed by atoms with Crippen molar-refractivity contribution in [1.82, 2.24) is 25.4 Å². The molecule has 1 fully saturated rings. The van der Waals surface area contributed by atoms with Gasteiger partial charge in [0.2, 0.25) is 0 Å². The molecule has 2 heterocycles. The van der Waals surface area contributed by atoms with Crippen molar-refractivity contribution in [1.29, 1.82) is 0 Å². The number of aliphatic imine (C=N–C) groups is 1. The minimum absolute atomic E-state index is 0.507. The van der Waals surface area contributed by atoms with Gasteiger partial charge in [0.25, 0.3) is 0 Å². The number of benzene rings is 1. The van der Waals surface area contributed by atoms with Crippen LogP contribution in [-0.2, 0) is 20.0 Å². The molecule has 0 spiro atoms. The maximum Gasteiger partial charge on any atom is 0.191 e. The fraction of sp³-hybridized carbons (Fsp3) is 0.550. The van der Waals surface area contributed by atoms with Gasteiger partial charge in [-0.3, -0.25) is 0 Å². The van der Waals surface area contributed by atoms with Crippen LogP contribution in [0.3, 0.4) is 0 Å². The lowest BCUT2D eigenvalue weighted by Gasteiger charge is -2.15. The normalized spacial score (nSPS) is 17.0. The number of guanidine groups is 1. The summed E-state index contributed by atoms with van der Waals surface area (Å²) in [5.74, 6) is 4.75. The molecular weight excluding hydrogens is 372 g/mol. The van der Waals surface area contributed by atoms with E-state index in [9.17, 15) is 0 Å². The van der Waals surface area contributed by atoms with Crippen molar-refractivity contribution in [2.75, 3.05) is 26.0 Å². The number of nitrogens with one attached hydrogen (secondary N) is 2. The van der Waals surface area contributed by atoms with Gasteiger partial charge in [-0.05, 0) is 49.6 Å². The molecule has 1 unspecified atom stereocenters. The van der Waals surface area contributed by atoms with E-state index in [1.807, 2.05) is 42.4 Å². The first-order valence-electron chi connectivity index (χ1n) is 9.77. The second-order valence-electron chi connectivity index (χ2n) is 6.93. The fourth-order valence-electron chi connectivity index (χ4n) is 3.05. The molecule has 0 amide bonds. The van der Waals surface area contributed by atoms with Gasteiger partial charge in [0.1, 0.15) is 18.1 Å². The van der Waals surface area contributed by atoms with Crippen LogP contribution in [0.2, 0.25) is 0 Å².